The minimum atomic E-state index is 0. The van der Waals surface area contributed by atoms with Crippen LogP contribution in [0.3, 0.4) is 0 Å². The standard InChI is InChI=1S/C23H29.C5H5.CH2.2ClH.Zr/c1-14-9-16-11-17-10-15(2)21(23(6,7)8)13-19(17)18(16)12-20(14)22(3,4)5;1-2-4-5-3-1;;;;/h9,12-13H,11H2,1-8H3;1-5H;1H2;2*1H;/q2*-1;;;;+2/p-2. The van der Waals surface area contributed by atoms with Crippen LogP contribution in [0.2, 0.25) is 0 Å². The van der Waals surface area contributed by atoms with Crippen LogP contribution in [0.4, 0.5) is 0 Å². The molecule has 0 N–H and O–H groups in total. The zero-order valence-electron chi connectivity index (χ0n) is 20.8. The number of fused-ring (bicyclic) bond motifs is 3. The minimum absolute atomic E-state index is 0. The van der Waals surface area contributed by atoms with E-state index in [0.717, 1.165) is 6.42 Å². The number of rotatable bonds is 0. The molecule has 0 atom stereocenters. The molecule has 1 aliphatic rings. The predicted octanol–water partition coefficient (Wildman–Crippen LogP) is 1.65. The summed E-state index contributed by atoms with van der Waals surface area (Å²) in [5, 5.41) is 0. The maximum Gasteiger partial charge on any atom is -0.172 e. The van der Waals surface area contributed by atoms with Gasteiger partial charge in [-0.1, -0.05) is 71.6 Å². The Morgan fingerprint density at radius 2 is 1.31 bits per heavy atom. The molecule has 0 bridgehead atoms. The van der Waals surface area contributed by atoms with Gasteiger partial charge in [-0.05, 0) is 35.4 Å². The van der Waals surface area contributed by atoms with Crippen molar-refractivity contribution in [2.24, 2.45) is 0 Å². The molecule has 0 nitrogen and oxygen atoms in total. The van der Waals surface area contributed by atoms with E-state index >= 15 is 0 Å². The van der Waals surface area contributed by atoms with Gasteiger partial charge in [-0.25, -0.2) is 12.1 Å². The van der Waals surface area contributed by atoms with Gasteiger partial charge >= 0.3 is 28.4 Å². The van der Waals surface area contributed by atoms with Gasteiger partial charge in [0.15, 0.2) is 0 Å². The molecule has 32 heavy (non-hydrogen) atoms. The fraction of sp³-hybridized carbons (Fsp3) is 0.379. The van der Waals surface area contributed by atoms with Crippen LogP contribution in [0.1, 0.15) is 74.9 Å². The Labute approximate surface area is 223 Å². The maximum absolute atomic E-state index is 3.69. The van der Waals surface area contributed by atoms with E-state index in [2.05, 4.69) is 83.9 Å². The summed E-state index contributed by atoms with van der Waals surface area (Å²) in [7, 11) is 0. The molecule has 0 radical (unpaired) electrons. The molecular weight excluding hydrogens is 510 g/mol. The Hall–Kier alpha value is -0.877. The molecule has 1 aliphatic carbocycles. The monoisotopic (exact) mass is 544 g/mol. The third kappa shape index (κ3) is 7.31. The molecule has 0 spiro atoms. The van der Waals surface area contributed by atoms with Crippen molar-refractivity contribution >= 4 is 4.21 Å². The first kappa shape index (κ1) is 31.1. The van der Waals surface area contributed by atoms with Crippen LogP contribution in [0.5, 0.6) is 0 Å². The quantitative estimate of drug-likeness (QED) is 0.295. The summed E-state index contributed by atoms with van der Waals surface area (Å²) in [5.41, 5.74) is 11.6. The molecule has 4 rings (SSSR count). The van der Waals surface area contributed by atoms with Gasteiger partial charge in [0.2, 0.25) is 0 Å². The first-order valence-corrected chi connectivity index (χ1v) is 12.4. The minimum Gasteiger partial charge on any atom is -1.00 e. The third-order valence-corrected chi connectivity index (χ3v) is 5.64. The van der Waals surface area contributed by atoms with Crippen LogP contribution < -0.4 is 24.8 Å². The van der Waals surface area contributed by atoms with E-state index in [1.165, 1.54) is 68.7 Å². The Bertz CT molecular complexity index is 903. The van der Waals surface area contributed by atoms with E-state index in [1.54, 1.807) is 0 Å². The van der Waals surface area contributed by atoms with E-state index in [4.69, 9.17) is 0 Å². The summed E-state index contributed by atoms with van der Waals surface area (Å²) in [6.45, 7) is 18.2. The van der Waals surface area contributed by atoms with Crippen molar-refractivity contribution in [3.8, 4) is 11.1 Å². The normalized spacial score (nSPS) is 11.4. The van der Waals surface area contributed by atoms with E-state index in [-0.39, 0.29) is 35.6 Å². The topological polar surface area (TPSA) is 0 Å². The molecule has 0 aliphatic heterocycles. The molecule has 0 heterocycles. The van der Waals surface area contributed by atoms with Gasteiger partial charge < -0.3 is 24.8 Å². The summed E-state index contributed by atoms with van der Waals surface area (Å²) >= 11 is 1.30. The van der Waals surface area contributed by atoms with Gasteiger partial charge in [0.25, 0.3) is 0 Å². The molecule has 0 aromatic heterocycles. The molecule has 0 saturated heterocycles. The molecule has 3 aromatic carbocycles. The van der Waals surface area contributed by atoms with Crippen molar-refractivity contribution in [3.05, 3.63) is 88.0 Å². The zero-order valence-corrected chi connectivity index (χ0v) is 24.8. The predicted molar refractivity (Wildman–Crippen MR) is 130 cm³/mol. The Morgan fingerprint density at radius 1 is 0.812 bits per heavy atom. The van der Waals surface area contributed by atoms with Crippen molar-refractivity contribution in [1.29, 1.82) is 0 Å². The number of hydrogen-bond acceptors (Lipinski definition) is 0. The van der Waals surface area contributed by atoms with Gasteiger partial charge in [0, 0.05) is 0 Å². The summed E-state index contributed by atoms with van der Waals surface area (Å²) < 4.78 is 3.34. The molecule has 0 unspecified atom stereocenters. The van der Waals surface area contributed by atoms with Gasteiger partial charge in [-0.3, -0.25) is 0 Å². The fourth-order valence-corrected chi connectivity index (χ4v) is 4.34. The van der Waals surface area contributed by atoms with E-state index in [9.17, 15) is 0 Å². The second kappa shape index (κ2) is 12.5. The first-order valence-electron chi connectivity index (χ1n) is 10.7. The van der Waals surface area contributed by atoms with Crippen molar-refractivity contribution in [2.45, 2.75) is 72.6 Å². The van der Waals surface area contributed by atoms with Crippen LogP contribution in [-0.2, 0) is 41.5 Å². The summed E-state index contributed by atoms with van der Waals surface area (Å²) in [5.74, 6) is 0. The third-order valence-electron chi connectivity index (χ3n) is 5.64. The van der Waals surface area contributed by atoms with Crippen LogP contribution in [0, 0.1) is 19.9 Å². The molecule has 0 fully saturated rings. The fourth-order valence-electron chi connectivity index (χ4n) is 4.34. The molecule has 3 aromatic rings. The van der Waals surface area contributed by atoms with E-state index in [1.807, 2.05) is 30.3 Å². The molecular formula is C29H36Cl2Zr-2. The maximum atomic E-state index is 3.69. The molecule has 172 valence electrons. The average molecular weight is 547 g/mol. The van der Waals surface area contributed by atoms with Gasteiger partial charge in [-0.15, -0.1) is 16.7 Å². The SMILES string of the molecule is Cc1[c-]c2c(cc1C(C)(C)C)-c1cc(C(C)(C)C)c(C)cc1C2.[CH2]=[Zr+2].[Cl-].[Cl-].c1cc[cH-]c1. The summed E-state index contributed by atoms with van der Waals surface area (Å²) in [6, 6.07) is 20.9. The second-order valence-electron chi connectivity index (χ2n) is 10.2. The van der Waals surface area contributed by atoms with Crippen molar-refractivity contribution in [1.82, 2.24) is 0 Å². The van der Waals surface area contributed by atoms with Gasteiger partial charge in [0.1, 0.15) is 0 Å². The summed E-state index contributed by atoms with van der Waals surface area (Å²) in [4.78, 5) is 0. The Morgan fingerprint density at radius 3 is 1.75 bits per heavy atom. The molecule has 0 amide bonds. The largest absolute Gasteiger partial charge is 1.00 e. The Balaban J connectivity index is 0.000000929. The van der Waals surface area contributed by atoms with Crippen LogP contribution >= 0.6 is 0 Å². The number of hydrogen-bond donors (Lipinski definition) is 0. The number of halogens is 2. The number of aryl methyl sites for hydroxylation is 2. The second-order valence-corrected chi connectivity index (χ2v) is 10.2. The van der Waals surface area contributed by atoms with E-state index < -0.39 is 0 Å². The smallest absolute Gasteiger partial charge is 0.172 e. The summed E-state index contributed by atoms with van der Waals surface area (Å²) in [6.07, 6.45) is 1.03. The van der Waals surface area contributed by atoms with Crippen LogP contribution in [0.25, 0.3) is 11.1 Å². The average Bonchev–Trinajstić information content (AvgIpc) is 3.31. The Kier molecular flexibility index (Phi) is 12.2. The van der Waals surface area contributed by atoms with Crippen molar-refractivity contribution in [2.75, 3.05) is 0 Å². The van der Waals surface area contributed by atoms with E-state index in [0.29, 0.717) is 0 Å². The van der Waals surface area contributed by atoms with Gasteiger partial charge in [0.05, 0.1) is 0 Å². The molecule has 3 heteroatoms. The van der Waals surface area contributed by atoms with Crippen LogP contribution in [-0.4, -0.2) is 4.21 Å². The zero-order chi connectivity index (χ0) is 22.7. The van der Waals surface area contributed by atoms with Gasteiger partial charge in [-0.2, -0.15) is 35.9 Å². The van der Waals surface area contributed by atoms with Crippen molar-refractivity contribution < 1.29 is 49.0 Å². The van der Waals surface area contributed by atoms with Crippen molar-refractivity contribution in [3.63, 3.8) is 0 Å². The number of benzene rings is 2. The molecule has 0 saturated carbocycles. The first-order chi connectivity index (χ1) is 14.0. The van der Waals surface area contributed by atoms with Crippen LogP contribution in [0.15, 0.2) is 48.5 Å².